The zero-order valence-electron chi connectivity index (χ0n) is 14.0. The first-order chi connectivity index (χ1) is 11.6. The molecule has 0 heterocycles. The van der Waals surface area contributed by atoms with Gasteiger partial charge in [-0.15, -0.1) is 0 Å². The summed E-state index contributed by atoms with van der Waals surface area (Å²) in [6, 6.07) is 14.6. The predicted molar refractivity (Wildman–Crippen MR) is 94.4 cm³/mol. The molecule has 0 aliphatic carbocycles. The molecule has 0 aliphatic rings. The molecule has 0 aromatic heterocycles. The topological polar surface area (TPSA) is 67.4 Å². The van der Waals surface area contributed by atoms with Crippen molar-refractivity contribution in [3.63, 3.8) is 0 Å². The summed E-state index contributed by atoms with van der Waals surface area (Å²) < 4.78 is 5.05. The molecule has 0 aliphatic heterocycles. The Morgan fingerprint density at radius 1 is 1.00 bits per heavy atom. The molecule has 24 heavy (non-hydrogen) atoms. The van der Waals surface area contributed by atoms with Crippen LogP contribution in [0.2, 0.25) is 0 Å². The minimum absolute atomic E-state index is 0.130. The van der Waals surface area contributed by atoms with Gasteiger partial charge in [-0.2, -0.15) is 0 Å². The number of carbonyl (C=O) groups excluding carboxylic acids is 2. The number of benzene rings is 2. The zero-order valence-corrected chi connectivity index (χ0v) is 14.0. The second-order valence-electron chi connectivity index (χ2n) is 5.33. The molecular formula is C19H22N2O3. The molecule has 5 heteroatoms. The second-order valence-corrected chi connectivity index (χ2v) is 5.33. The average molecular weight is 326 g/mol. The maximum absolute atomic E-state index is 12.0. The van der Waals surface area contributed by atoms with E-state index in [2.05, 4.69) is 17.6 Å². The number of nitrogens with one attached hydrogen (secondary N) is 2. The first-order valence-corrected chi connectivity index (χ1v) is 7.93. The van der Waals surface area contributed by atoms with E-state index < -0.39 is 0 Å². The molecule has 2 rings (SSSR count). The molecule has 2 N–H and O–H groups in total. The highest BCUT2D eigenvalue weighted by Gasteiger charge is 2.07. The van der Waals surface area contributed by atoms with E-state index in [9.17, 15) is 9.59 Å². The molecule has 2 amide bonds. The van der Waals surface area contributed by atoms with Gasteiger partial charge in [0.25, 0.3) is 5.91 Å². The van der Waals surface area contributed by atoms with Crippen molar-refractivity contribution in [3.05, 3.63) is 59.7 Å². The van der Waals surface area contributed by atoms with E-state index in [1.807, 2.05) is 24.3 Å². The van der Waals surface area contributed by atoms with Crippen molar-refractivity contribution < 1.29 is 14.3 Å². The lowest BCUT2D eigenvalue weighted by molar-refractivity contribution is -0.116. The highest BCUT2D eigenvalue weighted by molar-refractivity contribution is 5.95. The van der Waals surface area contributed by atoms with Crippen LogP contribution in [0.3, 0.4) is 0 Å². The molecule has 5 nitrogen and oxygen atoms in total. The van der Waals surface area contributed by atoms with Gasteiger partial charge in [0, 0.05) is 24.2 Å². The minimum atomic E-state index is -0.210. The maximum Gasteiger partial charge on any atom is 0.251 e. The number of amides is 2. The van der Waals surface area contributed by atoms with Crippen molar-refractivity contribution in [2.75, 3.05) is 19.0 Å². The Labute approximate surface area is 142 Å². The highest BCUT2D eigenvalue weighted by Crippen LogP contribution is 2.11. The molecule has 0 fully saturated rings. The summed E-state index contributed by atoms with van der Waals surface area (Å²) in [4.78, 5) is 23.9. The number of methoxy groups -OCH3 is 1. The standard InChI is InChI=1S/C19H22N2O3/c1-3-14-4-8-16(9-5-14)21-18(22)12-13-20-19(23)15-6-10-17(24-2)11-7-15/h4-11H,3,12-13H2,1-2H3,(H,20,23)(H,21,22). The van der Waals surface area contributed by atoms with Crippen molar-refractivity contribution in [1.29, 1.82) is 0 Å². The normalized spacial score (nSPS) is 10.1. The van der Waals surface area contributed by atoms with Crippen LogP contribution in [0.4, 0.5) is 5.69 Å². The summed E-state index contributed by atoms with van der Waals surface area (Å²) >= 11 is 0. The lowest BCUT2D eigenvalue weighted by Crippen LogP contribution is -2.27. The molecule has 2 aromatic carbocycles. The molecule has 0 atom stereocenters. The fourth-order valence-corrected chi connectivity index (χ4v) is 2.18. The fraction of sp³-hybridized carbons (Fsp3) is 0.263. The zero-order chi connectivity index (χ0) is 17.4. The van der Waals surface area contributed by atoms with Crippen LogP contribution in [0.1, 0.15) is 29.3 Å². The summed E-state index contributed by atoms with van der Waals surface area (Å²) in [6.07, 6.45) is 1.18. The smallest absolute Gasteiger partial charge is 0.251 e. The van der Waals surface area contributed by atoms with Gasteiger partial charge in [-0.25, -0.2) is 0 Å². The fourth-order valence-electron chi connectivity index (χ4n) is 2.18. The van der Waals surface area contributed by atoms with E-state index >= 15 is 0 Å². The van der Waals surface area contributed by atoms with Gasteiger partial charge in [-0.05, 0) is 48.4 Å². The third-order valence-electron chi connectivity index (χ3n) is 3.64. The van der Waals surface area contributed by atoms with Gasteiger partial charge >= 0.3 is 0 Å². The van der Waals surface area contributed by atoms with Gasteiger partial charge in [-0.3, -0.25) is 9.59 Å². The van der Waals surface area contributed by atoms with Gasteiger partial charge in [0.2, 0.25) is 5.91 Å². The Hall–Kier alpha value is -2.82. The van der Waals surface area contributed by atoms with Gasteiger partial charge < -0.3 is 15.4 Å². The number of ether oxygens (including phenoxy) is 1. The average Bonchev–Trinajstić information content (AvgIpc) is 2.62. The lowest BCUT2D eigenvalue weighted by atomic mass is 10.1. The molecule has 0 unspecified atom stereocenters. The van der Waals surface area contributed by atoms with E-state index in [1.54, 1.807) is 31.4 Å². The molecular weight excluding hydrogens is 304 g/mol. The lowest BCUT2D eigenvalue weighted by Gasteiger charge is -2.08. The summed E-state index contributed by atoms with van der Waals surface area (Å²) in [6.45, 7) is 2.36. The van der Waals surface area contributed by atoms with Crippen LogP contribution in [0.5, 0.6) is 5.75 Å². The van der Waals surface area contributed by atoms with E-state index in [-0.39, 0.29) is 24.8 Å². The number of aryl methyl sites for hydroxylation is 1. The Morgan fingerprint density at radius 2 is 1.67 bits per heavy atom. The Balaban J connectivity index is 1.75. The maximum atomic E-state index is 12.0. The van der Waals surface area contributed by atoms with E-state index in [0.717, 1.165) is 12.1 Å². The second kappa shape index (κ2) is 8.72. The molecule has 0 radical (unpaired) electrons. The third kappa shape index (κ3) is 5.12. The van der Waals surface area contributed by atoms with E-state index in [4.69, 9.17) is 4.74 Å². The van der Waals surface area contributed by atoms with Gasteiger partial charge in [0.15, 0.2) is 0 Å². The number of anilines is 1. The molecule has 0 spiro atoms. The van der Waals surface area contributed by atoms with Gasteiger partial charge in [-0.1, -0.05) is 19.1 Å². The van der Waals surface area contributed by atoms with Crippen molar-refractivity contribution in [1.82, 2.24) is 5.32 Å². The molecule has 0 saturated carbocycles. The van der Waals surface area contributed by atoms with Gasteiger partial charge in [0.1, 0.15) is 5.75 Å². The van der Waals surface area contributed by atoms with Gasteiger partial charge in [0.05, 0.1) is 7.11 Å². The monoisotopic (exact) mass is 326 g/mol. The van der Waals surface area contributed by atoms with E-state index in [0.29, 0.717) is 11.3 Å². The van der Waals surface area contributed by atoms with Crippen LogP contribution in [-0.4, -0.2) is 25.5 Å². The molecule has 2 aromatic rings. The number of hydrogen-bond donors (Lipinski definition) is 2. The molecule has 0 bridgehead atoms. The van der Waals surface area contributed by atoms with Crippen molar-refractivity contribution in [2.24, 2.45) is 0 Å². The summed E-state index contributed by atoms with van der Waals surface area (Å²) in [5.74, 6) is 0.354. The van der Waals surface area contributed by atoms with Crippen LogP contribution >= 0.6 is 0 Å². The summed E-state index contributed by atoms with van der Waals surface area (Å²) in [5.41, 5.74) is 2.52. The SMILES string of the molecule is CCc1ccc(NC(=O)CCNC(=O)c2ccc(OC)cc2)cc1. The van der Waals surface area contributed by atoms with Crippen LogP contribution in [0.25, 0.3) is 0 Å². The number of carbonyl (C=O) groups is 2. The van der Waals surface area contributed by atoms with E-state index in [1.165, 1.54) is 5.56 Å². The number of hydrogen-bond acceptors (Lipinski definition) is 3. The largest absolute Gasteiger partial charge is 0.497 e. The third-order valence-corrected chi connectivity index (χ3v) is 3.64. The molecule has 0 saturated heterocycles. The number of rotatable bonds is 7. The van der Waals surface area contributed by atoms with Crippen molar-refractivity contribution in [2.45, 2.75) is 19.8 Å². The molecule has 126 valence electrons. The first-order valence-electron chi connectivity index (χ1n) is 7.93. The van der Waals surface area contributed by atoms with Crippen LogP contribution < -0.4 is 15.4 Å². The van der Waals surface area contributed by atoms with Crippen molar-refractivity contribution in [3.8, 4) is 5.75 Å². The minimum Gasteiger partial charge on any atom is -0.497 e. The summed E-state index contributed by atoms with van der Waals surface area (Å²) in [7, 11) is 1.57. The highest BCUT2D eigenvalue weighted by atomic mass is 16.5. The van der Waals surface area contributed by atoms with Crippen LogP contribution in [0.15, 0.2) is 48.5 Å². The Kier molecular flexibility index (Phi) is 6.37. The van der Waals surface area contributed by atoms with Crippen molar-refractivity contribution >= 4 is 17.5 Å². The van der Waals surface area contributed by atoms with Crippen LogP contribution in [-0.2, 0) is 11.2 Å². The first kappa shape index (κ1) is 17.5. The summed E-state index contributed by atoms with van der Waals surface area (Å²) in [5, 5.41) is 5.55. The Bertz CT molecular complexity index is 679. The quantitative estimate of drug-likeness (QED) is 0.822. The van der Waals surface area contributed by atoms with Crippen LogP contribution in [0, 0.1) is 0 Å². The Morgan fingerprint density at radius 3 is 2.25 bits per heavy atom. The predicted octanol–water partition coefficient (Wildman–Crippen LogP) is 3.02.